The van der Waals surface area contributed by atoms with Gasteiger partial charge < -0.3 is 5.32 Å². The first-order chi connectivity index (χ1) is 8.50. The zero-order valence-electron chi connectivity index (χ0n) is 12.3. The highest BCUT2D eigenvalue weighted by Gasteiger charge is 2.26. The van der Waals surface area contributed by atoms with Crippen molar-refractivity contribution in [2.75, 3.05) is 0 Å². The number of hydrogen-bond acceptors (Lipinski definition) is 2. The number of nitrogens with zero attached hydrogens (tertiary/aromatic N) is 2. The lowest BCUT2D eigenvalue weighted by molar-refractivity contribution is 0.205. The molecule has 3 heteroatoms. The Morgan fingerprint density at radius 3 is 2.61 bits per heavy atom. The summed E-state index contributed by atoms with van der Waals surface area (Å²) >= 11 is 0. The van der Waals surface area contributed by atoms with E-state index in [4.69, 9.17) is 0 Å². The quantitative estimate of drug-likeness (QED) is 0.889. The predicted molar refractivity (Wildman–Crippen MR) is 75.5 cm³/mol. The summed E-state index contributed by atoms with van der Waals surface area (Å²) in [5, 5.41) is 8.19. The molecule has 1 saturated carbocycles. The molecule has 2 rings (SSSR count). The van der Waals surface area contributed by atoms with Crippen molar-refractivity contribution in [3.8, 4) is 0 Å². The summed E-state index contributed by atoms with van der Waals surface area (Å²) in [4.78, 5) is 0. The van der Waals surface area contributed by atoms with Crippen LogP contribution in [0, 0.1) is 5.41 Å². The molecule has 0 bridgehead atoms. The van der Waals surface area contributed by atoms with Gasteiger partial charge in [-0.25, -0.2) is 0 Å². The Morgan fingerprint density at radius 1 is 1.39 bits per heavy atom. The average molecular weight is 249 g/mol. The molecule has 3 nitrogen and oxygen atoms in total. The molecule has 102 valence electrons. The van der Waals surface area contributed by atoms with E-state index in [2.05, 4.69) is 37.3 Å². The Bertz CT molecular complexity index is 382. The zero-order chi connectivity index (χ0) is 13.2. The highest BCUT2D eigenvalue weighted by molar-refractivity contribution is 5.10. The molecule has 1 aliphatic rings. The van der Waals surface area contributed by atoms with Crippen LogP contribution in [0.15, 0.2) is 6.07 Å². The van der Waals surface area contributed by atoms with E-state index >= 15 is 0 Å². The molecule has 0 aliphatic heterocycles. The largest absolute Gasteiger partial charge is 0.308 e. The highest BCUT2D eigenvalue weighted by Crippen LogP contribution is 2.35. The van der Waals surface area contributed by atoms with E-state index in [0.29, 0.717) is 11.5 Å². The van der Waals surface area contributed by atoms with Crippen molar-refractivity contribution in [3.63, 3.8) is 0 Å². The molecule has 0 unspecified atom stereocenters. The van der Waals surface area contributed by atoms with Crippen LogP contribution in [-0.4, -0.2) is 15.8 Å². The Kier molecular flexibility index (Phi) is 4.10. The third-order valence-corrected chi connectivity index (χ3v) is 4.30. The van der Waals surface area contributed by atoms with Gasteiger partial charge in [-0.05, 0) is 43.6 Å². The van der Waals surface area contributed by atoms with Crippen LogP contribution in [0.25, 0.3) is 0 Å². The van der Waals surface area contributed by atoms with Gasteiger partial charge in [0.2, 0.25) is 0 Å². The standard InChI is InChI=1S/C15H27N3/c1-5-12-10-14(18(4)17-12)11-16-13-6-8-15(2,3)9-7-13/h10,13,16H,5-9,11H2,1-4H3. The van der Waals surface area contributed by atoms with Gasteiger partial charge >= 0.3 is 0 Å². The molecule has 1 N–H and O–H groups in total. The van der Waals surface area contributed by atoms with E-state index in [1.165, 1.54) is 37.1 Å². The number of rotatable bonds is 4. The second kappa shape index (κ2) is 5.43. The van der Waals surface area contributed by atoms with E-state index in [1.807, 2.05) is 11.7 Å². The Hall–Kier alpha value is -0.830. The van der Waals surface area contributed by atoms with Crippen LogP contribution in [0.1, 0.15) is 57.8 Å². The van der Waals surface area contributed by atoms with E-state index in [-0.39, 0.29) is 0 Å². The Labute approximate surface area is 111 Å². The smallest absolute Gasteiger partial charge is 0.0625 e. The number of aromatic nitrogens is 2. The van der Waals surface area contributed by atoms with Gasteiger partial charge in [-0.1, -0.05) is 20.8 Å². The van der Waals surface area contributed by atoms with Gasteiger partial charge in [-0.15, -0.1) is 0 Å². The third-order valence-electron chi connectivity index (χ3n) is 4.30. The summed E-state index contributed by atoms with van der Waals surface area (Å²) in [7, 11) is 2.04. The molecule has 0 amide bonds. The molecule has 0 atom stereocenters. The summed E-state index contributed by atoms with van der Waals surface area (Å²) in [6, 6.07) is 2.91. The van der Waals surface area contributed by atoms with Crippen molar-refractivity contribution in [1.82, 2.24) is 15.1 Å². The van der Waals surface area contributed by atoms with Crippen LogP contribution in [-0.2, 0) is 20.0 Å². The Balaban J connectivity index is 1.83. The van der Waals surface area contributed by atoms with Crippen LogP contribution < -0.4 is 5.32 Å². The Morgan fingerprint density at radius 2 is 2.06 bits per heavy atom. The van der Waals surface area contributed by atoms with Crippen molar-refractivity contribution >= 4 is 0 Å². The molecule has 1 aromatic heterocycles. The fourth-order valence-electron chi connectivity index (χ4n) is 2.76. The van der Waals surface area contributed by atoms with Crippen molar-refractivity contribution in [2.24, 2.45) is 12.5 Å². The van der Waals surface area contributed by atoms with Crippen molar-refractivity contribution < 1.29 is 0 Å². The average Bonchev–Trinajstić information content (AvgIpc) is 2.69. The molecule has 0 aromatic carbocycles. The van der Waals surface area contributed by atoms with Crippen LogP contribution >= 0.6 is 0 Å². The van der Waals surface area contributed by atoms with Gasteiger partial charge in [0, 0.05) is 19.6 Å². The van der Waals surface area contributed by atoms with E-state index in [0.717, 1.165) is 13.0 Å². The maximum Gasteiger partial charge on any atom is 0.0625 e. The lowest BCUT2D eigenvalue weighted by Crippen LogP contribution is -2.35. The van der Waals surface area contributed by atoms with Crippen molar-refractivity contribution in [1.29, 1.82) is 0 Å². The first kappa shape index (κ1) is 13.6. The maximum absolute atomic E-state index is 4.49. The van der Waals surface area contributed by atoms with Gasteiger partial charge in [0.15, 0.2) is 0 Å². The van der Waals surface area contributed by atoms with Crippen LogP contribution in [0.4, 0.5) is 0 Å². The third kappa shape index (κ3) is 3.35. The molecule has 1 fully saturated rings. The summed E-state index contributed by atoms with van der Waals surface area (Å²) in [6.45, 7) is 7.88. The number of aryl methyl sites for hydroxylation is 2. The lowest BCUT2D eigenvalue weighted by atomic mass is 9.75. The fourth-order valence-corrected chi connectivity index (χ4v) is 2.76. The first-order valence-electron chi connectivity index (χ1n) is 7.25. The van der Waals surface area contributed by atoms with Gasteiger partial charge in [0.05, 0.1) is 11.4 Å². The summed E-state index contributed by atoms with van der Waals surface area (Å²) < 4.78 is 2.01. The van der Waals surface area contributed by atoms with Gasteiger partial charge in [0.1, 0.15) is 0 Å². The molecule has 1 aliphatic carbocycles. The van der Waals surface area contributed by atoms with Gasteiger partial charge in [0.25, 0.3) is 0 Å². The molecular weight excluding hydrogens is 222 g/mol. The van der Waals surface area contributed by atoms with Crippen LogP contribution in [0.3, 0.4) is 0 Å². The maximum atomic E-state index is 4.49. The number of hydrogen-bond donors (Lipinski definition) is 1. The van der Waals surface area contributed by atoms with E-state index in [9.17, 15) is 0 Å². The predicted octanol–water partition coefficient (Wildman–Crippen LogP) is 3.04. The highest BCUT2D eigenvalue weighted by atomic mass is 15.3. The van der Waals surface area contributed by atoms with Gasteiger partial charge in [-0.3, -0.25) is 4.68 Å². The molecule has 1 aromatic rings. The summed E-state index contributed by atoms with van der Waals surface area (Å²) in [5.74, 6) is 0. The first-order valence-corrected chi connectivity index (χ1v) is 7.25. The molecule has 1 heterocycles. The lowest BCUT2D eigenvalue weighted by Gasteiger charge is -2.34. The SMILES string of the molecule is CCc1cc(CNC2CCC(C)(C)CC2)n(C)n1. The fraction of sp³-hybridized carbons (Fsp3) is 0.800. The van der Waals surface area contributed by atoms with Crippen LogP contribution in [0.5, 0.6) is 0 Å². The molecular formula is C15H27N3. The van der Waals surface area contributed by atoms with Gasteiger partial charge in [-0.2, -0.15) is 5.10 Å². The minimum Gasteiger partial charge on any atom is -0.308 e. The second-order valence-corrected chi connectivity index (χ2v) is 6.42. The molecule has 18 heavy (non-hydrogen) atoms. The minimum atomic E-state index is 0.556. The topological polar surface area (TPSA) is 29.9 Å². The second-order valence-electron chi connectivity index (χ2n) is 6.42. The minimum absolute atomic E-state index is 0.556. The molecule has 0 radical (unpaired) electrons. The summed E-state index contributed by atoms with van der Waals surface area (Å²) in [5.41, 5.74) is 3.05. The molecule has 0 spiro atoms. The van der Waals surface area contributed by atoms with E-state index < -0.39 is 0 Å². The normalized spacial score (nSPS) is 20.2. The van der Waals surface area contributed by atoms with Crippen LogP contribution in [0.2, 0.25) is 0 Å². The number of nitrogens with one attached hydrogen (secondary N) is 1. The summed E-state index contributed by atoms with van der Waals surface area (Å²) in [6.07, 6.45) is 6.33. The molecule has 0 saturated heterocycles. The van der Waals surface area contributed by atoms with Crippen molar-refractivity contribution in [2.45, 2.75) is 65.5 Å². The monoisotopic (exact) mass is 249 g/mol. The van der Waals surface area contributed by atoms with E-state index in [1.54, 1.807) is 0 Å². The van der Waals surface area contributed by atoms with Crippen molar-refractivity contribution in [3.05, 3.63) is 17.5 Å². The zero-order valence-corrected chi connectivity index (χ0v) is 12.3.